The molecule has 1 unspecified atom stereocenters. The van der Waals surface area contributed by atoms with Crippen LogP contribution in [0.5, 0.6) is 0 Å². The number of ether oxygens (including phenoxy) is 1. The van der Waals surface area contributed by atoms with Crippen molar-refractivity contribution in [2.45, 2.75) is 32.6 Å². The minimum Gasteiger partial charge on any atom is -0.396 e. The Morgan fingerprint density at radius 1 is 1.43 bits per heavy atom. The summed E-state index contributed by atoms with van der Waals surface area (Å²) >= 11 is 0. The lowest BCUT2D eigenvalue weighted by atomic mass is 9.79. The maximum absolute atomic E-state index is 9.40. The number of nitrogens with one attached hydrogen (secondary N) is 1. The Hall–Kier alpha value is -0.120. The molecule has 1 aliphatic rings. The molecule has 0 radical (unpaired) electrons. The highest BCUT2D eigenvalue weighted by atomic mass is 16.5. The van der Waals surface area contributed by atoms with E-state index in [2.05, 4.69) is 12.2 Å². The largest absolute Gasteiger partial charge is 0.396 e. The van der Waals surface area contributed by atoms with E-state index in [4.69, 9.17) is 4.74 Å². The Labute approximate surface area is 86.8 Å². The van der Waals surface area contributed by atoms with Gasteiger partial charge < -0.3 is 15.2 Å². The quantitative estimate of drug-likeness (QED) is 0.634. The highest BCUT2D eigenvalue weighted by molar-refractivity contribution is 4.84. The summed E-state index contributed by atoms with van der Waals surface area (Å²) in [5.74, 6) is 0. The summed E-state index contributed by atoms with van der Waals surface area (Å²) in [6.45, 7) is 6.07. The fourth-order valence-corrected chi connectivity index (χ4v) is 1.99. The summed E-state index contributed by atoms with van der Waals surface area (Å²) < 4.78 is 5.47. The summed E-state index contributed by atoms with van der Waals surface area (Å²) in [5.41, 5.74) is 0.0893. The van der Waals surface area contributed by atoms with Crippen LogP contribution in [0.3, 0.4) is 0 Å². The van der Waals surface area contributed by atoms with Crippen molar-refractivity contribution in [3.05, 3.63) is 0 Å². The molecule has 0 amide bonds. The van der Waals surface area contributed by atoms with Crippen LogP contribution >= 0.6 is 0 Å². The Balaban J connectivity index is 2.22. The fourth-order valence-electron chi connectivity index (χ4n) is 1.99. The molecule has 0 aromatic rings. The molecule has 0 aliphatic carbocycles. The normalized spacial score (nSPS) is 27.9. The Morgan fingerprint density at radius 2 is 2.29 bits per heavy atom. The van der Waals surface area contributed by atoms with Gasteiger partial charge in [-0.3, -0.25) is 0 Å². The van der Waals surface area contributed by atoms with Gasteiger partial charge in [-0.15, -0.1) is 0 Å². The van der Waals surface area contributed by atoms with Crippen molar-refractivity contribution in [2.75, 3.05) is 32.9 Å². The molecular formula is C11H23NO2. The molecule has 14 heavy (non-hydrogen) atoms. The monoisotopic (exact) mass is 201 g/mol. The van der Waals surface area contributed by atoms with Crippen molar-refractivity contribution in [3.8, 4) is 0 Å². The van der Waals surface area contributed by atoms with Crippen molar-refractivity contribution in [2.24, 2.45) is 5.41 Å². The van der Waals surface area contributed by atoms with Gasteiger partial charge in [0.05, 0.1) is 0 Å². The fraction of sp³-hybridized carbons (Fsp3) is 1.00. The van der Waals surface area contributed by atoms with Crippen LogP contribution in [0, 0.1) is 5.41 Å². The Kier molecular flexibility index (Phi) is 5.45. The van der Waals surface area contributed by atoms with Crippen molar-refractivity contribution in [3.63, 3.8) is 0 Å². The summed E-state index contributed by atoms with van der Waals surface area (Å²) in [6, 6.07) is 0. The Bertz CT molecular complexity index is 144. The molecule has 1 aliphatic heterocycles. The lowest BCUT2D eigenvalue weighted by Gasteiger charge is -2.36. The lowest BCUT2D eigenvalue weighted by Crippen LogP contribution is -2.43. The van der Waals surface area contributed by atoms with Crippen LogP contribution in [0.15, 0.2) is 0 Å². The van der Waals surface area contributed by atoms with E-state index in [1.807, 2.05) is 0 Å². The second-order valence-electron chi connectivity index (χ2n) is 4.30. The molecule has 0 aromatic heterocycles. The van der Waals surface area contributed by atoms with E-state index < -0.39 is 0 Å². The summed E-state index contributed by atoms with van der Waals surface area (Å²) in [7, 11) is 0. The number of piperidine rings is 1. The zero-order valence-electron chi connectivity index (χ0n) is 9.22. The van der Waals surface area contributed by atoms with E-state index in [-0.39, 0.29) is 12.0 Å². The number of aliphatic hydroxyl groups is 1. The van der Waals surface area contributed by atoms with Crippen molar-refractivity contribution in [1.29, 1.82) is 0 Å². The molecular weight excluding hydrogens is 178 g/mol. The first-order valence-corrected chi connectivity index (χ1v) is 5.72. The average Bonchev–Trinajstić information content (AvgIpc) is 2.26. The molecule has 1 fully saturated rings. The second-order valence-corrected chi connectivity index (χ2v) is 4.30. The molecule has 3 heteroatoms. The second kappa shape index (κ2) is 6.38. The van der Waals surface area contributed by atoms with Gasteiger partial charge in [-0.1, -0.05) is 6.92 Å². The van der Waals surface area contributed by atoms with Crippen LogP contribution in [0.1, 0.15) is 32.6 Å². The SMILES string of the molecule is CCCOCCC1(CO)CCCNC1. The van der Waals surface area contributed by atoms with Gasteiger partial charge in [0.15, 0.2) is 0 Å². The van der Waals surface area contributed by atoms with Crippen LogP contribution in [-0.2, 0) is 4.74 Å². The number of hydrogen-bond acceptors (Lipinski definition) is 3. The van der Waals surface area contributed by atoms with Gasteiger partial charge in [-0.2, -0.15) is 0 Å². The predicted molar refractivity (Wildman–Crippen MR) is 57.3 cm³/mol. The molecule has 0 bridgehead atoms. The molecule has 2 N–H and O–H groups in total. The highest BCUT2D eigenvalue weighted by Crippen LogP contribution is 2.29. The van der Waals surface area contributed by atoms with Crippen LogP contribution < -0.4 is 5.32 Å². The third kappa shape index (κ3) is 3.56. The summed E-state index contributed by atoms with van der Waals surface area (Å²) in [6.07, 6.45) is 4.36. The van der Waals surface area contributed by atoms with Crippen LogP contribution in [0.25, 0.3) is 0 Å². The molecule has 1 atom stereocenters. The van der Waals surface area contributed by atoms with Gasteiger partial charge in [0.2, 0.25) is 0 Å². The standard InChI is InChI=1S/C11H23NO2/c1-2-7-14-8-5-11(10-13)4-3-6-12-9-11/h12-13H,2-10H2,1H3. The maximum Gasteiger partial charge on any atom is 0.0500 e. The zero-order valence-corrected chi connectivity index (χ0v) is 9.22. The van der Waals surface area contributed by atoms with Crippen molar-refractivity contribution in [1.82, 2.24) is 5.32 Å². The number of hydrogen-bond donors (Lipinski definition) is 2. The molecule has 0 spiro atoms. The third-order valence-corrected chi connectivity index (χ3v) is 3.02. The molecule has 1 heterocycles. The van der Waals surface area contributed by atoms with Gasteiger partial charge >= 0.3 is 0 Å². The minimum atomic E-state index is 0.0893. The lowest BCUT2D eigenvalue weighted by molar-refractivity contribution is 0.0406. The smallest absolute Gasteiger partial charge is 0.0500 e. The first-order valence-electron chi connectivity index (χ1n) is 5.72. The van der Waals surface area contributed by atoms with Crippen LogP contribution in [-0.4, -0.2) is 38.0 Å². The van der Waals surface area contributed by atoms with Crippen LogP contribution in [0.4, 0.5) is 0 Å². The van der Waals surface area contributed by atoms with E-state index in [1.165, 1.54) is 6.42 Å². The number of rotatable bonds is 6. The molecule has 1 rings (SSSR count). The van der Waals surface area contributed by atoms with Crippen LogP contribution in [0.2, 0.25) is 0 Å². The first kappa shape index (κ1) is 12.0. The highest BCUT2D eigenvalue weighted by Gasteiger charge is 2.30. The summed E-state index contributed by atoms with van der Waals surface area (Å²) in [4.78, 5) is 0. The zero-order chi connectivity index (χ0) is 10.3. The molecule has 1 saturated heterocycles. The van der Waals surface area contributed by atoms with Gasteiger partial charge in [-0.25, -0.2) is 0 Å². The van der Waals surface area contributed by atoms with Gasteiger partial charge in [0, 0.05) is 31.8 Å². The van der Waals surface area contributed by atoms with E-state index in [9.17, 15) is 5.11 Å². The van der Waals surface area contributed by atoms with Gasteiger partial charge in [0.25, 0.3) is 0 Å². The molecule has 0 saturated carbocycles. The van der Waals surface area contributed by atoms with E-state index in [1.54, 1.807) is 0 Å². The predicted octanol–water partition coefficient (Wildman–Crippen LogP) is 1.17. The maximum atomic E-state index is 9.40. The van der Waals surface area contributed by atoms with Gasteiger partial charge in [-0.05, 0) is 32.2 Å². The van der Waals surface area contributed by atoms with Crippen molar-refractivity contribution < 1.29 is 9.84 Å². The first-order chi connectivity index (χ1) is 6.83. The molecule has 0 aromatic carbocycles. The average molecular weight is 201 g/mol. The molecule has 3 nitrogen and oxygen atoms in total. The topological polar surface area (TPSA) is 41.5 Å². The Morgan fingerprint density at radius 3 is 2.86 bits per heavy atom. The third-order valence-electron chi connectivity index (χ3n) is 3.02. The molecule has 84 valence electrons. The van der Waals surface area contributed by atoms with E-state index in [0.29, 0.717) is 0 Å². The van der Waals surface area contributed by atoms with E-state index >= 15 is 0 Å². The van der Waals surface area contributed by atoms with E-state index in [0.717, 1.165) is 45.6 Å². The van der Waals surface area contributed by atoms with Crippen molar-refractivity contribution >= 4 is 0 Å². The van der Waals surface area contributed by atoms with Gasteiger partial charge in [0.1, 0.15) is 0 Å². The minimum absolute atomic E-state index is 0.0893. The number of aliphatic hydroxyl groups excluding tert-OH is 1. The summed E-state index contributed by atoms with van der Waals surface area (Å²) in [5, 5.41) is 12.8.